The number of aromatic hydroxyl groups is 1. The fourth-order valence-electron chi connectivity index (χ4n) is 4.29. The van der Waals surface area contributed by atoms with Crippen molar-refractivity contribution in [3.63, 3.8) is 0 Å². The first-order chi connectivity index (χ1) is 15.2. The van der Waals surface area contributed by atoms with Crippen LogP contribution in [0.5, 0.6) is 5.75 Å². The second kappa shape index (κ2) is 11.7. The highest BCUT2D eigenvalue weighted by Crippen LogP contribution is 2.37. The Kier molecular flexibility index (Phi) is 9.80. The average Bonchev–Trinajstić information content (AvgIpc) is 2.77. The third-order valence-corrected chi connectivity index (χ3v) is 6.76. The van der Waals surface area contributed by atoms with Crippen LogP contribution < -0.4 is 5.32 Å². The number of hydrogen-bond acceptors (Lipinski definition) is 6. The Hall–Kier alpha value is -1.83. The van der Waals surface area contributed by atoms with Gasteiger partial charge in [-0.2, -0.15) is 0 Å². The molecule has 1 fully saturated rings. The molecule has 34 heavy (non-hydrogen) atoms. The van der Waals surface area contributed by atoms with Crippen LogP contribution in [0.3, 0.4) is 0 Å². The monoisotopic (exact) mass is 544 g/mol. The van der Waals surface area contributed by atoms with Crippen LogP contribution in [-0.4, -0.2) is 51.9 Å². The number of pyridine rings is 2. The first-order valence-corrected chi connectivity index (χ1v) is 11.4. The summed E-state index contributed by atoms with van der Waals surface area (Å²) < 4.78 is 0. The van der Waals surface area contributed by atoms with E-state index in [1.54, 1.807) is 25.3 Å². The Morgan fingerprint density at radius 2 is 1.71 bits per heavy atom. The number of ketones is 1. The van der Waals surface area contributed by atoms with Crippen LogP contribution in [0.15, 0.2) is 30.5 Å². The second-order valence-corrected chi connectivity index (χ2v) is 9.38. The zero-order chi connectivity index (χ0) is 23.0. The van der Waals surface area contributed by atoms with Gasteiger partial charge in [0, 0.05) is 23.8 Å². The minimum Gasteiger partial charge on any atom is -0.505 e. The summed E-state index contributed by atoms with van der Waals surface area (Å²) in [6.45, 7) is 1.54. The van der Waals surface area contributed by atoms with Gasteiger partial charge in [-0.1, -0.05) is 23.2 Å². The summed E-state index contributed by atoms with van der Waals surface area (Å²) in [4.78, 5) is 24.0. The topological polar surface area (TPSA) is 78.3 Å². The van der Waals surface area contributed by atoms with Crippen LogP contribution in [0.1, 0.15) is 43.0 Å². The fourth-order valence-corrected chi connectivity index (χ4v) is 4.78. The third kappa shape index (κ3) is 5.86. The van der Waals surface area contributed by atoms with Gasteiger partial charge in [0.15, 0.2) is 11.5 Å². The van der Waals surface area contributed by atoms with Gasteiger partial charge in [-0.15, -0.1) is 24.8 Å². The summed E-state index contributed by atoms with van der Waals surface area (Å²) in [5, 5.41) is 13.8. The van der Waals surface area contributed by atoms with Gasteiger partial charge in [0.25, 0.3) is 0 Å². The van der Waals surface area contributed by atoms with Crippen molar-refractivity contribution in [3.8, 4) is 17.0 Å². The lowest BCUT2D eigenvalue weighted by Crippen LogP contribution is -2.36. The van der Waals surface area contributed by atoms with Crippen LogP contribution >= 0.6 is 48.0 Å². The van der Waals surface area contributed by atoms with Crippen LogP contribution in [0, 0.1) is 0 Å². The van der Waals surface area contributed by atoms with E-state index in [1.165, 1.54) is 0 Å². The van der Waals surface area contributed by atoms with E-state index in [-0.39, 0.29) is 52.4 Å². The quantitative estimate of drug-likeness (QED) is 0.350. The molecule has 0 amide bonds. The van der Waals surface area contributed by atoms with Gasteiger partial charge in [0.1, 0.15) is 5.52 Å². The van der Waals surface area contributed by atoms with Crippen LogP contribution in [0.4, 0.5) is 5.69 Å². The third-order valence-electron chi connectivity index (χ3n) is 6.18. The number of nitrogens with zero attached hydrogens (tertiary/aromatic N) is 3. The zero-order valence-corrected chi connectivity index (χ0v) is 22.3. The molecule has 0 saturated heterocycles. The van der Waals surface area contributed by atoms with Gasteiger partial charge < -0.3 is 15.3 Å². The van der Waals surface area contributed by atoms with Crippen molar-refractivity contribution in [3.05, 3.63) is 46.1 Å². The lowest BCUT2D eigenvalue weighted by Gasteiger charge is -2.33. The Balaban J connectivity index is 0.00000204. The van der Waals surface area contributed by atoms with Crippen molar-refractivity contribution in [2.75, 3.05) is 19.4 Å². The summed E-state index contributed by atoms with van der Waals surface area (Å²) in [6.07, 6.45) is 5.87. The second-order valence-electron chi connectivity index (χ2n) is 8.57. The predicted octanol–water partition coefficient (Wildman–Crippen LogP) is 6.64. The number of benzene rings is 1. The minimum absolute atomic E-state index is 0. The maximum Gasteiger partial charge on any atom is 0.163 e. The number of hydrogen-bond donors (Lipinski definition) is 2. The van der Waals surface area contributed by atoms with Crippen molar-refractivity contribution in [2.45, 2.75) is 44.7 Å². The normalized spacial score (nSPS) is 17.7. The number of phenols is 1. The molecule has 1 aliphatic carbocycles. The summed E-state index contributed by atoms with van der Waals surface area (Å²) >= 11 is 12.2. The Morgan fingerprint density at radius 3 is 2.26 bits per heavy atom. The van der Waals surface area contributed by atoms with E-state index in [2.05, 4.69) is 29.3 Å². The summed E-state index contributed by atoms with van der Waals surface area (Å²) in [5.74, 6) is -0.221. The first-order valence-electron chi connectivity index (χ1n) is 10.7. The summed E-state index contributed by atoms with van der Waals surface area (Å²) in [7, 11) is 4.24. The Morgan fingerprint density at radius 1 is 1.09 bits per heavy atom. The number of phenolic OH excluding ortho intramolecular Hbond substituents is 1. The van der Waals surface area contributed by atoms with Gasteiger partial charge in [0.2, 0.25) is 0 Å². The van der Waals surface area contributed by atoms with Crippen molar-refractivity contribution < 1.29 is 9.90 Å². The van der Waals surface area contributed by atoms with E-state index in [1.807, 2.05) is 12.1 Å². The van der Waals surface area contributed by atoms with Gasteiger partial charge in [0.05, 0.1) is 32.5 Å². The van der Waals surface area contributed by atoms with Gasteiger partial charge in [-0.3, -0.25) is 9.78 Å². The largest absolute Gasteiger partial charge is 0.505 e. The smallest absolute Gasteiger partial charge is 0.163 e. The van der Waals surface area contributed by atoms with Gasteiger partial charge in [-0.05, 0) is 71.0 Å². The molecule has 3 aromatic rings. The molecule has 1 aliphatic rings. The van der Waals surface area contributed by atoms with Crippen molar-refractivity contribution in [1.82, 2.24) is 14.9 Å². The summed E-state index contributed by atoms with van der Waals surface area (Å²) in [6, 6.07) is 7.78. The molecule has 0 radical (unpaired) electrons. The molecular weight excluding hydrogens is 518 g/mol. The summed E-state index contributed by atoms with van der Waals surface area (Å²) in [5.41, 5.74) is 3.87. The molecule has 2 aromatic heterocycles. The van der Waals surface area contributed by atoms with Gasteiger partial charge >= 0.3 is 0 Å². The maximum absolute atomic E-state index is 12.4. The molecule has 6 nitrogen and oxygen atoms in total. The minimum atomic E-state index is -0.158. The van der Waals surface area contributed by atoms with Crippen molar-refractivity contribution in [2.24, 2.45) is 0 Å². The number of aromatic nitrogens is 2. The van der Waals surface area contributed by atoms with Gasteiger partial charge in [-0.25, -0.2) is 4.98 Å². The fraction of sp³-hybridized carbons (Fsp3) is 0.375. The molecule has 1 aromatic carbocycles. The molecule has 4 rings (SSSR count). The molecule has 0 aliphatic heterocycles. The predicted molar refractivity (Wildman–Crippen MR) is 145 cm³/mol. The number of halogens is 4. The molecule has 0 spiro atoms. The molecule has 184 valence electrons. The lowest BCUT2D eigenvalue weighted by molar-refractivity contribution is 0.101. The molecular formula is C24H28Cl4N4O2. The zero-order valence-electron chi connectivity index (χ0n) is 19.1. The number of anilines is 1. The number of carbonyl (C=O) groups is 1. The van der Waals surface area contributed by atoms with E-state index in [4.69, 9.17) is 28.2 Å². The van der Waals surface area contributed by atoms with E-state index >= 15 is 0 Å². The highest BCUT2D eigenvalue weighted by atomic mass is 35.5. The van der Waals surface area contributed by atoms with E-state index in [0.29, 0.717) is 39.6 Å². The van der Waals surface area contributed by atoms with Crippen LogP contribution in [0.25, 0.3) is 22.3 Å². The molecule has 0 unspecified atom stereocenters. The first kappa shape index (κ1) is 28.4. The Labute approximate surface area is 221 Å². The molecule has 1 saturated carbocycles. The standard InChI is InChI=1S/C24H26Cl2N4O2.2ClH/c1-13(31)17-12-27-21-9-8-20(14-10-18(25)24(32)19(26)11-14)29-23(21)22(17)28-15-4-6-16(7-5-15)30(2)3;;/h8-12,15-16,32H,4-7H2,1-3H3,(H,27,28);2*1H/t15-,16-;;. The van der Waals surface area contributed by atoms with Crippen molar-refractivity contribution in [1.29, 1.82) is 0 Å². The number of carbonyl (C=O) groups excluding carboxylic acids is 1. The lowest BCUT2D eigenvalue weighted by atomic mass is 9.90. The highest BCUT2D eigenvalue weighted by molar-refractivity contribution is 6.37. The maximum atomic E-state index is 12.4. The average molecular weight is 546 g/mol. The number of nitrogens with one attached hydrogen (secondary N) is 1. The van der Waals surface area contributed by atoms with Crippen LogP contribution in [0.2, 0.25) is 10.0 Å². The Bertz CT molecular complexity index is 1160. The number of Topliss-reactive ketones (excluding diaryl/α,β-unsaturated/α-hetero) is 1. The molecule has 2 heterocycles. The number of fused-ring (bicyclic) bond motifs is 1. The molecule has 0 bridgehead atoms. The highest BCUT2D eigenvalue weighted by Gasteiger charge is 2.24. The van der Waals surface area contributed by atoms with Crippen molar-refractivity contribution >= 4 is 70.5 Å². The SMILES string of the molecule is CC(=O)c1cnc2ccc(-c3cc(Cl)c(O)c(Cl)c3)nc2c1N[C@H]1CC[C@H](N(C)C)CC1.Cl.Cl. The van der Waals surface area contributed by atoms with Crippen LogP contribution in [-0.2, 0) is 0 Å². The molecule has 2 N–H and O–H groups in total. The number of rotatable bonds is 5. The molecule has 10 heteroatoms. The van der Waals surface area contributed by atoms with E-state index in [0.717, 1.165) is 25.7 Å². The molecule has 0 atom stereocenters. The van der Waals surface area contributed by atoms with E-state index in [9.17, 15) is 9.90 Å². The van der Waals surface area contributed by atoms with E-state index < -0.39 is 0 Å².